The van der Waals surface area contributed by atoms with Crippen molar-refractivity contribution in [1.82, 2.24) is 0 Å². The van der Waals surface area contributed by atoms with Crippen molar-refractivity contribution in [3.63, 3.8) is 0 Å². The topological polar surface area (TPSA) is 61.6 Å². The van der Waals surface area contributed by atoms with Gasteiger partial charge in [0.2, 0.25) is 0 Å². The summed E-state index contributed by atoms with van der Waals surface area (Å²) in [5.74, 6) is 0.689. The molecule has 0 spiro atoms. The minimum Gasteiger partial charge on any atom is -0.515 e. The van der Waals surface area contributed by atoms with Crippen LogP contribution in [0.5, 0.6) is 5.75 Å². The zero-order valence-electron chi connectivity index (χ0n) is 11.2. The summed E-state index contributed by atoms with van der Waals surface area (Å²) in [5.41, 5.74) is -0.0220. The second kappa shape index (κ2) is 5.97. The Hall–Kier alpha value is -1.40. The van der Waals surface area contributed by atoms with E-state index >= 15 is 0 Å². The van der Waals surface area contributed by atoms with Gasteiger partial charge in [0.15, 0.2) is 5.75 Å². The van der Waals surface area contributed by atoms with Gasteiger partial charge in [0, 0.05) is 12.7 Å². The summed E-state index contributed by atoms with van der Waals surface area (Å²) in [6.07, 6.45) is 0. The smallest absolute Gasteiger partial charge is 0.392 e. The quantitative estimate of drug-likeness (QED) is 0.451. The van der Waals surface area contributed by atoms with Crippen LogP contribution in [0.1, 0.15) is 13.8 Å². The molecule has 5 nitrogen and oxygen atoms in total. The van der Waals surface area contributed by atoms with Crippen LogP contribution < -0.4 is 4.43 Å². The van der Waals surface area contributed by atoms with E-state index in [1.54, 1.807) is 18.2 Å². The Labute approximate surface area is 108 Å². The molecule has 18 heavy (non-hydrogen) atoms. The highest BCUT2D eigenvalue weighted by Crippen LogP contribution is 2.28. The monoisotopic (exact) mass is 269 g/mol. The lowest BCUT2D eigenvalue weighted by Gasteiger charge is -2.24. The first-order valence-corrected chi connectivity index (χ1v) is 8.70. The average Bonchev–Trinajstić information content (AvgIpc) is 2.26. The van der Waals surface area contributed by atoms with Crippen molar-refractivity contribution in [2.75, 3.05) is 6.61 Å². The van der Waals surface area contributed by atoms with Gasteiger partial charge in [0.05, 0.1) is 4.92 Å². The Morgan fingerprint density at radius 2 is 1.94 bits per heavy atom. The highest BCUT2D eigenvalue weighted by Gasteiger charge is 2.30. The molecule has 0 heterocycles. The number of nitrogens with zero attached hydrogens (tertiary/aromatic N) is 1. The van der Waals surface area contributed by atoms with Crippen LogP contribution in [0.2, 0.25) is 13.1 Å². The molecular formula is C12H19NO4Si. The molecule has 0 saturated heterocycles. The van der Waals surface area contributed by atoms with Crippen LogP contribution in [0.15, 0.2) is 24.3 Å². The van der Waals surface area contributed by atoms with Crippen LogP contribution in [0.4, 0.5) is 5.69 Å². The van der Waals surface area contributed by atoms with Gasteiger partial charge in [0.1, 0.15) is 0 Å². The van der Waals surface area contributed by atoms with E-state index in [2.05, 4.69) is 13.8 Å². The van der Waals surface area contributed by atoms with E-state index in [1.807, 2.05) is 13.1 Å². The molecule has 0 aliphatic carbocycles. The van der Waals surface area contributed by atoms with Gasteiger partial charge in [-0.1, -0.05) is 26.0 Å². The highest BCUT2D eigenvalue weighted by atomic mass is 28.4. The van der Waals surface area contributed by atoms with Gasteiger partial charge in [-0.05, 0) is 25.1 Å². The number of para-hydroxylation sites is 2. The van der Waals surface area contributed by atoms with E-state index < -0.39 is 13.5 Å². The minimum absolute atomic E-state index is 0.0220. The lowest BCUT2D eigenvalue weighted by Crippen LogP contribution is -2.39. The Morgan fingerprint density at radius 3 is 2.50 bits per heavy atom. The lowest BCUT2D eigenvalue weighted by atomic mass is 10.2. The molecule has 0 N–H and O–H groups in total. The predicted molar refractivity (Wildman–Crippen MR) is 72.0 cm³/mol. The van der Waals surface area contributed by atoms with E-state index in [0.717, 1.165) is 0 Å². The molecular weight excluding hydrogens is 250 g/mol. The molecule has 100 valence electrons. The lowest BCUT2D eigenvalue weighted by molar-refractivity contribution is -0.385. The standard InChI is InChI=1S/C12H19NO4Si/c1-10(2)9-16-18(3,4)17-12-8-6-5-7-11(12)13(14)15/h5-8,10H,9H2,1-4H3. The number of hydrogen-bond acceptors (Lipinski definition) is 4. The fourth-order valence-electron chi connectivity index (χ4n) is 1.36. The van der Waals surface area contributed by atoms with Crippen LogP contribution >= 0.6 is 0 Å². The van der Waals surface area contributed by atoms with Crippen molar-refractivity contribution in [1.29, 1.82) is 0 Å². The van der Waals surface area contributed by atoms with Crippen molar-refractivity contribution in [3.8, 4) is 5.75 Å². The molecule has 0 saturated carbocycles. The van der Waals surface area contributed by atoms with Crippen LogP contribution in [-0.2, 0) is 4.43 Å². The fraction of sp³-hybridized carbons (Fsp3) is 0.500. The average molecular weight is 269 g/mol. The Morgan fingerprint density at radius 1 is 1.33 bits per heavy atom. The van der Waals surface area contributed by atoms with E-state index in [0.29, 0.717) is 12.5 Å². The summed E-state index contributed by atoms with van der Waals surface area (Å²) in [5, 5.41) is 10.9. The Bertz CT molecular complexity index is 420. The number of nitro benzene ring substituents is 1. The van der Waals surface area contributed by atoms with Crippen molar-refractivity contribution in [2.45, 2.75) is 26.9 Å². The van der Waals surface area contributed by atoms with Gasteiger partial charge < -0.3 is 8.85 Å². The third-order valence-corrected chi connectivity index (χ3v) is 3.76. The van der Waals surface area contributed by atoms with Gasteiger partial charge >= 0.3 is 14.2 Å². The first-order valence-electron chi connectivity index (χ1n) is 5.88. The first kappa shape index (κ1) is 14.7. The molecule has 6 heteroatoms. The number of benzene rings is 1. The molecule has 0 atom stereocenters. The SMILES string of the molecule is CC(C)CO[Si](C)(C)Oc1ccccc1[N+](=O)[O-]. The minimum atomic E-state index is -2.39. The third-order valence-electron chi connectivity index (χ3n) is 2.18. The van der Waals surface area contributed by atoms with Gasteiger partial charge in [-0.3, -0.25) is 10.1 Å². The molecule has 0 bridgehead atoms. The van der Waals surface area contributed by atoms with E-state index in [1.165, 1.54) is 6.07 Å². The van der Waals surface area contributed by atoms with Crippen LogP contribution in [0.3, 0.4) is 0 Å². The van der Waals surface area contributed by atoms with Crippen molar-refractivity contribution < 1.29 is 13.8 Å². The normalized spacial score (nSPS) is 11.6. The summed E-state index contributed by atoms with van der Waals surface area (Å²) in [6.45, 7) is 8.46. The largest absolute Gasteiger partial charge is 0.515 e. The zero-order valence-corrected chi connectivity index (χ0v) is 12.2. The van der Waals surface area contributed by atoms with Crippen molar-refractivity contribution >= 4 is 14.2 Å². The maximum absolute atomic E-state index is 10.9. The van der Waals surface area contributed by atoms with E-state index in [9.17, 15) is 10.1 Å². The molecule has 0 aliphatic heterocycles. The fourth-order valence-corrected chi connectivity index (χ4v) is 2.85. The van der Waals surface area contributed by atoms with Crippen LogP contribution in [0, 0.1) is 16.0 Å². The van der Waals surface area contributed by atoms with Crippen molar-refractivity contribution in [2.24, 2.45) is 5.92 Å². The number of hydrogen-bond donors (Lipinski definition) is 0. The molecule has 1 rings (SSSR count). The second-order valence-electron chi connectivity index (χ2n) is 4.93. The molecule has 0 aromatic heterocycles. The highest BCUT2D eigenvalue weighted by molar-refractivity contribution is 6.65. The number of rotatable bonds is 6. The van der Waals surface area contributed by atoms with Crippen molar-refractivity contribution in [3.05, 3.63) is 34.4 Å². The molecule has 0 amide bonds. The zero-order chi connectivity index (χ0) is 13.8. The summed E-state index contributed by atoms with van der Waals surface area (Å²) in [4.78, 5) is 10.4. The number of nitro groups is 1. The molecule has 0 aliphatic rings. The van der Waals surface area contributed by atoms with Gasteiger partial charge in [-0.25, -0.2) is 0 Å². The summed E-state index contributed by atoms with van der Waals surface area (Å²) >= 11 is 0. The maximum atomic E-state index is 10.9. The molecule has 0 unspecified atom stereocenters. The summed E-state index contributed by atoms with van der Waals surface area (Å²) in [7, 11) is -2.39. The van der Waals surface area contributed by atoms with E-state index in [-0.39, 0.29) is 11.4 Å². The summed E-state index contributed by atoms with van der Waals surface area (Å²) < 4.78 is 11.4. The van der Waals surface area contributed by atoms with Gasteiger partial charge in [-0.2, -0.15) is 0 Å². The Balaban J connectivity index is 2.80. The van der Waals surface area contributed by atoms with Crippen LogP contribution in [-0.4, -0.2) is 20.1 Å². The molecule has 1 aromatic carbocycles. The van der Waals surface area contributed by atoms with Gasteiger partial charge in [-0.15, -0.1) is 0 Å². The van der Waals surface area contributed by atoms with Gasteiger partial charge in [0.25, 0.3) is 0 Å². The summed E-state index contributed by atoms with van der Waals surface area (Å²) in [6, 6.07) is 6.37. The van der Waals surface area contributed by atoms with E-state index in [4.69, 9.17) is 8.85 Å². The second-order valence-corrected chi connectivity index (χ2v) is 8.22. The first-order chi connectivity index (χ1) is 8.32. The molecule has 0 radical (unpaired) electrons. The predicted octanol–water partition coefficient (Wildman–Crippen LogP) is 3.35. The molecule has 0 fully saturated rings. The maximum Gasteiger partial charge on any atom is 0.392 e. The third kappa shape index (κ3) is 4.46. The van der Waals surface area contributed by atoms with Crippen LogP contribution in [0.25, 0.3) is 0 Å². The molecule has 1 aromatic rings. The Kier molecular flexibility index (Phi) is 4.86.